The molecule has 126 valence electrons. The molecular weight excluding hydrogens is 308 g/mol. The number of fused-ring (bicyclic) bond motifs is 1. The summed E-state index contributed by atoms with van der Waals surface area (Å²) in [6.45, 7) is 2.54. The van der Waals surface area contributed by atoms with E-state index in [1.54, 1.807) is 6.20 Å². The van der Waals surface area contributed by atoms with E-state index in [1.165, 1.54) is 0 Å². The van der Waals surface area contributed by atoms with Crippen molar-refractivity contribution >= 4 is 11.8 Å². The Kier molecular flexibility index (Phi) is 4.33. The molecule has 2 N–H and O–H groups in total. The number of ether oxygens (including phenoxy) is 3. The van der Waals surface area contributed by atoms with Crippen LogP contribution in [-0.4, -0.2) is 36.0 Å². The Morgan fingerprint density at radius 3 is 3.00 bits per heavy atom. The molecule has 2 aliphatic heterocycles. The zero-order valence-electron chi connectivity index (χ0n) is 13.3. The molecule has 1 atom stereocenters. The van der Waals surface area contributed by atoms with E-state index in [9.17, 15) is 0 Å². The summed E-state index contributed by atoms with van der Waals surface area (Å²) in [7, 11) is 0. The van der Waals surface area contributed by atoms with Crippen LogP contribution in [0.2, 0.25) is 0 Å². The van der Waals surface area contributed by atoms with Crippen LogP contribution < -0.4 is 20.1 Å². The van der Waals surface area contributed by atoms with Gasteiger partial charge in [-0.2, -0.15) is 4.98 Å². The molecule has 0 amide bonds. The van der Waals surface area contributed by atoms with E-state index in [1.807, 2.05) is 24.3 Å². The van der Waals surface area contributed by atoms with E-state index >= 15 is 0 Å². The smallest absolute Gasteiger partial charge is 0.231 e. The number of hydrogen-bond acceptors (Lipinski definition) is 7. The van der Waals surface area contributed by atoms with Gasteiger partial charge in [-0.15, -0.1) is 0 Å². The number of nitrogens with zero attached hydrogens (tertiary/aromatic N) is 2. The quantitative estimate of drug-likeness (QED) is 0.843. The van der Waals surface area contributed by atoms with Gasteiger partial charge in [-0.25, -0.2) is 4.98 Å². The van der Waals surface area contributed by atoms with Crippen molar-refractivity contribution < 1.29 is 14.2 Å². The van der Waals surface area contributed by atoms with Gasteiger partial charge in [-0.1, -0.05) is 6.07 Å². The van der Waals surface area contributed by atoms with Crippen molar-refractivity contribution in [1.29, 1.82) is 0 Å². The molecule has 2 aliphatic rings. The molecule has 1 fully saturated rings. The summed E-state index contributed by atoms with van der Waals surface area (Å²) in [5.41, 5.74) is 1.08. The summed E-state index contributed by atoms with van der Waals surface area (Å²) in [5.74, 6) is 2.95. The van der Waals surface area contributed by atoms with Gasteiger partial charge in [0.2, 0.25) is 12.7 Å². The van der Waals surface area contributed by atoms with E-state index in [2.05, 4.69) is 20.6 Å². The Morgan fingerprint density at radius 1 is 1.12 bits per heavy atom. The molecule has 0 aliphatic carbocycles. The van der Waals surface area contributed by atoms with Crippen molar-refractivity contribution in [1.82, 2.24) is 9.97 Å². The Balaban J connectivity index is 1.33. The molecule has 1 aromatic carbocycles. The van der Waals surface area contributed by atoms with Crippen LogP contribution in [-0.2, 0) is 11.3 Å². The fourth-order valence-electron chi connectivity index (χ4n) is 2.80. The molecule has 7 nitrogen and oxygen atoms in total. The van der Waals surface area contributed by atoms with Gasteiger partial charge in [0, 0.05) is 25.9 Å². The van der Waals surface area contributed by atoms with Crippen LogP contribution in [0, 0.1) is 0 Å². The first kappa shape index (κ1) is 15.0. The number of rotatable bonds is 6. The van der Waals surface area contributed by atoms with Crippen LogP contribution in [0.3, 0.4) is 0 Å². The normalized spacial score (nSPS) is 18.6. The Bertz CT molecular complexity index is 704. The first-order chi connectivity index (χ1) is 11.9. The van der Waals surface area contributed by atoms with Gasteiger partial charge in [0.1, 0.15) is 5.82 Å². The van der Waals surface area contributed by atoms with Crippen molar-refractivity contribution in [3.63, 3.8) is 0 Å². The number of aromatic nitrogens is 2. The maximum Gasteiger partial charge on any atom is 0.231 e. The fourth-order valence-corrected chi connectivity index (χ4v) is 2.80. The van der Waals surface area contributed by atoms with Crippen LogP contribution in [0.4, 0.5) is 11.8 Å². The van der Waals surface area contributed by atoms with Crippen LogP contribution in [0.5, 0.6) is 11.5 Å². The standard InChI is InChI=1S/C17H20N4O3/c1-2-13(22-7-1)10-19-16-5-6-18-17(21-16)20-9-12-3-4-14-15(8-12)24-11-23-14/h3-6,8,13H,1-2,7,9-11H2,(H2,18,19,20,21). The van der Waals surface area contributed by atoms with Crippen LogP contribution in [0.25, 0.3) is 0 Å². The van der Waals surface area contributed by atoms with Gasteiger partial charge >= 0.3 is 0 Å². The lowest BCUT2D eigenvalue weighted by Crippen LogP contribution is -2.19. The number of nitrogens with one attached hydrogen (secondary N) is 2. The molecule has 0 radical (unpaired) electrons. The average Bonchev–Trinajstić information content (AvgIpc) is 3.29. The second-order valence-corrected chi connectivity index (χ2v) is 5.82. The average molecular weight is 328 g/mol. The van der Waals surface area contributed by atoms with Gasteiger partial charge in [-0.05, 0) is 36.6 Å². The summed E-state index contributed by atoms with van der Waals surface area (Å²) in [4.78, 5) is 8.73. The maximum atomic E-state index is 5.60. The minimum Gasteiger partial charge on any atom is -0.454 e. The molecule has 3 heterocycles. The molecule has 24 heavy (non-hydrogen) atoms. The van der Waals surface area contributed by atoms with E-state index in [4.69, 9.17) is 14.2 Å². The van der Waals surface area contributed by atoms with Gasteiger partial charge in [0.05, 0.1) is 6.10 Å². The SMILES string of the molecule is c1cc(NCC2CCCO2)nc(NCc2ccc3c(c2)OCO3)n1. The Hall–Kier alpha value is -2.54. The van der Waals surface area contributed by atoms with Crippen LogP contribution >= 0.6 is 0 Å². The minimum absolute atomic E-state index is 0.282. The number of anilines is 2. The third-order valence-corrected chi connectivity index (χ3v) is 4.08. The van der Waals surface area contributed by atoms with E-state index in [0.29, 0.717) is 12.5 Å². The minimum atomic E-state index is 0.282. The highest BCUT2D eigenvalue weighted by atomic mass is 16.7. The predicted octanol–water partition coefficient (Wildman–Crippen LogP) is 2.41. The molecule has 4 rings (SSSR count). The third kappa shape index (κ3) is 3.51. The third-order valence-electron chi connectivity index (χ3n) is 4.08. The second kappa shape index (κ2) is 6.92. The van der Waals surface area contributed by atoms with Gasteiger partial charge in [0.15, 0.2) is 11.5 Å². The molecule has 7 heteroatoms. The van der Waals surface area contributed by atoms with Crippen molar-refractivity contribution in [2.45, 2.75) is 25.5 Å². The van der Waals surface area contributed by atoms with E-state index in [-0.39, 0.29) is 12.9 Å². The van der Waals surface area contributed by atoms with Gasteiger partial charge in [0.25, 0.3) is 0 Å². The van der Waals surface area contributed by atoms with Crippen LogP contribution in [0.1, 0.15) is 18.4 Å². The number of benzene rings is 1. The van der Waals surface area contributed by atoms with Crippen molar-refractivity contribution in [2.75, 3.05) is 30.6 Å². The lowest BCUT2D eigenvalue weighted by atomic mass is 10.2. The summed E-state index contributed by atoms with van der Waals surface area (Å²) in [5, 5.41) is 6.54. The van der Waals surface area contributed by atoms with Gasteiger partial charge in [-0.3, -0.25) is 0 Å². The highest BCUT2D eigenvalue weighted by molar-refractivity contribution is 5.46. The molecule has 1 aromatic heterocycles. The summed E-state index contributed by atoms with van der Waals surface area (Å²) in [6, 6.07) is 7.75. The fraction of sp³-hybridized carbons (Fsp3) is 0.412. The largest absolute Gasteiger partial charge is 0.454 e. The lowest BCUT2D eigenvalue weighted by molar-refractivity contribution is 0.120. The van der Waals surface area contributed by atoms with Crippen LogP contribution in [0.15, 0.2) is 30.5 Å². The zero-order chi connectivity index (χ0) is 16.2. The molecule has 2 aromatic rings. The maximum absolute atomic E-state index is 5.60. The summed E-state index contributed by atoms with van der Waals surface area (Å²) >= 11 is 0. The van der Waals surface area contributed by atoms with E-state index in [0.717, 1.165) is 48.9 Å². The summed E-state index contributed by atoms with van der Waals surface area (Å²) < 4.78 is 16.3. The van der Waals surface area contributed by atoms with Crippen molar-refractivity contribution in [2.24, 2.45) is 0 Å². The first-order valence-electron chi connectivity index (χ1n) is 8.18. The second-order valence-electron chi connectivity index (χ2n) is 5.82. The number of hydrogen-bond donors (Lipinski definition) is 2. The molecule has 1 saturated heterocycles. The molecule has 0 saturated carbocycles. The van der Waals surface area contributed by atoms with Crippen molar-refractivity contribution in [3.05, 3.63) is 36.0 Å². The highest BCUT2D eigenvalue weighted by Gasteiger charge is 2.15. The molecule has 0 bridgehead atoms. The molecule has 0 spiro atoms. The zero-order valence-corrected chi connectivity index (χ0v) is 13.3. The highest BCUT2D eigenvalue weighted by Crippen LogP contribution is 2.32. The molecule has 1 unspecified atom stereocenters. The van der Waals surface area contributed by atoms with E-state index < -0.39 is 0 Å². The summed E-state index contributed by atoms with van der Waals surface area (Å²) in [6.07, 6.45) is 4.27. The topological polar surface area (TPSA) is 77.5 Å². The Morgan fingerprint density at radius 2 is 2.08 bits per heavy atom. The Labute approximate surface area is 140 Å². The van der Waals surface area contributed by atoms with Crippen molar-refractivity contribution in [3.8, 4) is 11.5 Å². The lowest BCUT2D eigenvalue weighted by Gasteiger charge is -2.12. The monoisotopic (exact) mass is 328 g/mol. The van der Waals surface area contributed by atoms with Gasteiger partial charge < -0.3 is 24.8 Å². The molecular formula is C17H20N4O3. The predicted molar refractivity (Wildman–Crippen MR) is 89.4 cm³/mol. The first-order valence-corrected chi connectivity index (χ1v) is 8.18.